The average molecular weight is 289 g/mol. The Bertz CT molecular complexity index is 464. The second kappa shape index (κ2) is 4.93. The van der Waals surface area contributed by atoms with Gasteiger partial charge in [-0.1, -0.05) is 0 Å². The number of aliphatic carboxylic acids is 1. The Morgan fingerprint density at radius 2 is 1.95 bits per heavy atom. The molecule has 1 aliphatic heterocycles. The molecule has 1 atom stereocenters. The number of ether oxygens (including phenoxy) is 1. The van der Waals surface area contributed by atoms with Crippen molar-refractivity contribution in [3.63, 3.8) is 0 Å². The highest BCUT2D eigenvalue weighted by atomic mass is 19.3. The van der Waals surface area contributed by atoms with E-state index in [1.165, 1.54) is 5.92 Å². The SMILES string of the molecule is C#CC(F)(F)C1(C(=O)O)CCN(C(=O)OC(C)(C)C)C1. The van der Waals surface area contributed by atoms with Gasteiger partial charge in [0.05, 0.1) is 0 Å². The predicted molar refractivity (Wildman–Crippen MR) is 66.3 cm³/mol. The van der Waals surface area contributed by atoms with E-state index in [0.29, 0.717) is 0 Å². The number of alkyl halides is 2. The van der Waals surface area contributed by atoms with E-state index < -0.39 is 42.0 Å². The summed E-state index contributed by atoms with van der Waals surface area (Å²) in [6.45, 7) is 4.07. The Morgan fingerprint density at radius 1 is 1.40 bits per heavy atom. The molecule has 1 aliphatic rings. The number of terminal acetylenes is 1. The van der Waals surface area contributed by atoms with Crippen molar-refractivity contribution in [3.05, 3.63) is 0 Å². The minimum atomic E-state index is -3.84. The number of hydrogen-bond donors (Lipinski definition) is 1. The predicted octanol–water partition coefficient (Wildman–Crippen LogP) is 1.97. The first kappa shape index (κ1) is 16.2. The second-order valence-corrected chi connectivity index (χ2v) is 5.76. The Balaban J connectivity index is 2.96. The van der Waals surface area contributed by atoms with Gasteiger partial charge in [0, 0.05) is 13.1 Å². The molecule has 1 rings (SSSR count). The normalized spacial score (nSPS) is 23.3. The molecule has 0 bridgehead atoms. The molecule has 1 heterocycles. The second-order valence-electron chi connectivity index (χ2n) is 5.76. The van der Waals surface area contributed by atoms with E-state index >= 15 is 0 Å². The van der Waals surface area contributed by atoms with E-state index in [0.717, 1.165) is 4.90 Å². The molecule has 112 valence electrons. The van der Waals surface area contributed by atoms with Gasteiger partial charge in [-0.25, -0.2) is 4.79 Å². The maximum absolute atomic E-state index is 13.7. The Morgan fingerprint density at radius 3 is 2.35 bits per heavy atom. The highest BCUT2D eigenvalue weighted by Gasteiger charge is 2.62. The summed E-state index contributed by atoms with van der Waals surface area (Å²) in [4.78, 5) is 24.0. The van der Waals surface area contributed by atoms with Crippen LogP contribution in [0, 0.1) is 17.8 Å². The zero-order valence-electron chi connectivity index (χ0n) is 11.6. The fourth-order valence-electron chi connectivity index (χ4n) is 2.00. The fraction of sp³-hybridized carbons (Fsp3) is 0.692. The summed E-state index contributed by atoms with van der Waals surface area (Å²) in [5, 5.41) is 9.11. The zero-order chi connectivity index (χ0) is 15.8. The molecule has 7 heteroatoms. The van der Waals surface area contributed by atoms with Crippen molar-refractivity contribution in [1.82, 2.24) is 4.90 Å². The van der Waals surface area contributed by atoms with Crippen LogP contribution in [-0.4, -0.2) is 46.7 Å². The summed E-state index contributed by atoms with van der Waals surface area (Å²) in [5.41, 5.74) is -3.25. The van der Waals surface area contributed by atoms with Crippen LogP contribution in [0.4, 0.5) is 13.6 Å². The van der Waals surface area contributed by atoms with E-state index in [4.69, 9.17) is 16.3 Å². The maximum Gasteiger partial charge on any atom is 0.410 e. The minimum absolute atomic E-state index is 0.140. The lowest BCUT2D eigenvalue weighted by atomic mass is 9.80. The van der Waals surface area contributed by atoms with Crippen molar-refractivity contribution in [2.24, 2.45) is 5.41 Å². The van der Waals surface area contributed by atoms with Gasteiger partial charge < -0.3 is 14.7 Å². The Hall–Kier alpha value is -1.84. The zero-order valence-corrected chi connectivity index (χ0v) is 11.6. The van der Waals surface area contributed by atoms with Gasteiger partial charge in [0.15, 0.2) is 5.41 Å². The van der Waals surface area contributed by atoms with Gasteiger partial charge >= 0.3 is 18.0 Å². The van der Waals surface area contributed by atoms with E-state index in [1.54, 1.807) is 20.8 Å². The Labute approximate surface area is 115 Å². The van der Waals surface area contributed by atoms with Crippen molar-refractivity contribution in [1.29, 1.82) is 0 Å². The lowest BCUT2D eigenvalue weighted by Gasteiger charge is -2.30. The molecule has 1 unspecified atom stereocenters. The molecule has 0 spiro atoms. The number of carboxylic acid groups (broad SMARTS) is 1. The van der Waals surface area contributed by atoms with Crippen molar-refractivity contribution < 1.29 is 28.2 Å². The van der Waals surface area contributed by atoms with Crippen LogP contribution in [0.25, 0.3) is 0 Å². The minimum Gasteiger partial charge on any atom is -0.481 e. The third-order valence-corrected chi connectivity index (χ3v) is 3.11. The first-order valence-corrected chi connectivity index (χ1v) is 6.02. The molecule has 0 radical (unpaired) electrons. The third kappa shape index (κ3) is 2.84. The topological polar surface area (TPSA) is 66.8 Å². The number of carboxylic acids is 1. The number of carbonyl (C=O) groups excluding carboxylic acids is 1. The van der Waals surface area contributed by atoms with Crippen molar-refractivity contribution in [2.75, 3.05) is 13.1 Å². The van der Waals surface area contributed by atoms with Gasteiger partial charge in [0.25, 0.3) is 0 Å². The van der Waals surface area contributed by atoms with Crippen LogP contribution in [0.1, 0.15) is 27.2 Å². The average Bonchev–Trinajstić information content (AvgIpc) is 2.73. The summed E-state index contributed by atoms with van der Waals surface area (Å²) in [6.07, 6.45) is 3.49. The van der Waals surface area contributed by atoms with Gasteiger partial charge in [-0.2, -0.15) is 8.78 Å². The summed E-state index contributed by atoms with van der Waals surface area (Å²) in [6, 6.07) is 0. The molecule has 0 aromatic rings. The van der Waals surface area contributed by atoms with Crippen molar-refractivity contribution in [2.45, 2.75) is 38.7 Å². The molecule has 1 N–H and O–H groups in total. The van der Waals surface area contributed by atoms with Crippen LogP contribution in [0.15, 0.2) is 0 Å². The van der Waals surface area contributed by atoms with Crippen LogP contribution >= 0.6 is 0 Å². The summed E-state index contributed by atoms with van der Waals surface area (Å²) in [7, 11) is 0. The molecular weight excluding hydrogens is 272 g/mol. The first-order valence-electron chi connectivity index (χ1n) is 6.02. The van der Waals surface area contributed by atoms with E-state index in [2.05, 4.69) is 0 Å². The van der Waals surface area contributed by atoms with E-state index in [-0.39, 0.29) is 6.54 Å². The Kier molecular flexibility index (Phi) is 3.99. The quantitative estimate of drug-likeness (QED) is 0.789. The smallest absolute Gasteiger partial charge is 0.410 e. The number of halogens is 2. The van der Waals surface area contributed by atoms with Gasteiger partial charge in [-0.05, 0) is 33.1 Å². The van der Waals surface area contributed by atoms with Crippen molar-refractivity contribution in [3.8, 4) is 12.3 Å². The number of likely N-dealkylation sites (tertiary alicyclic amines) is 1. The summed E-state index contributed by atoms with van der Waals surface area (Å²) >= 11 is 0. The van der Waals surface area contributed by atoms with E-state index in [1.807, 2.05) is 0 Å². The molecule has 1 amide bonds. The lowest BCUT2D eigenvalue weighted by molar-refractivity contribution is -0.166. The maximum atomic E-state index is 13.7. The van der Waals surface area contributed by atoms with Crippen molar-refractivity contribution >= 4 is 12.1 Å². The van der Waals surface area contributed by atoms with Crippen LogP contribution < -0.4 is 0 Å². The molecule has 0 aromatic carbocycles. The molecule has 20 heavy (non-hydrogen) atoms. The molecular formula is C13H17F2NO4. The molecule has 1 saturated heterocycles. The fourth-order valence-corrected chi connectivity index (χ4v) is 2.00. The standard InChI is InChI=1S/C13H17F2NO4/c1-5-13(14,15)12(9(17)18)6-7-16(8-12)10(19)20-11(2,3)4/h1H,6-8H2,2-4H3,(H,17,18). The number of carbonyl (C=O) groups is 2. The molecule has 0 aromatic heterocycles. The van der Waals surface area contributed by atoms with Crippen LogP contribution in [-0.2, 0) is 9.53 Å². The van der Waals surface area contributed by atoms with Gasteiger partial charge in [-0.3, -0.25) is 4.79 Å². The van der Waals surface area contributed by atoms with Gasteiger partial charge in [-0.15, -0.1) is 6.42 Å². The molecule has 5 nitrogen and oxygen atoms in total. The van der Waals surface area contributed by atoms with Crippen LogP contribution in [0.5, 0.6) is 0 Å². The largest absolute Gasteiger partial charge is 0.481 e. The highest BCUT2D eigenvalue weighted by Crippen LogP contribution is 2.44. The number of nitrogens with zero attached hydrogens (tertiary/aromatic N) is 1. The first-order chi connectivity index (χ1) is 8.95. The monoisotopic (exact) mass is 289 g/mol. The van der Waals surface area contributed by atoms with Crippen LogP contribution in [0.3, 0.4) is 0 Å². The lowest BCUT2D eigenvalue weighted by Crippen LogP contribution is -2.49. The van der Waals surface area contributed by atoms with Crippen LogP contribution in [0.2, 0.25) is 0 Å². The molecule has 1 fully saturated rings. The molecule has 0 saturated carbocycles. The number of amides is 1. The van der Waals surface area contributed by atoms with E-state index in [9.17, 15) is 18.4 Å². The van der Waals surface area contributed by atoms with Gasteiger partial charge in [0.1, 0.15) is 5.60 Å². The third-order valence-electron chi connectivity index (χ3n) is 3.11. The summed E-state index contributed by atoms with van der Waals surface area (Å²) < 4.78 is 32.5. The van der Waals surface area contributed by atoms with Gasteiger partial charge in [0.2, 0.25) is 0 Å². The summed E-state index contributed by atoms with van der Waals surface area (Å²) in [5.74, 6) is -4.33. The highest BCUT2D eigenvalue weighted by molar-refractivity contribution is 5.80. The number of rotatable bonds is 2. The number of hydrogen-bond acceptors (Lipinski definition) is 3. The molecule has 0 aliphatic carbocycles.